The molecule has 0 radical (unpaired) electrons. The molecule has 2 rings (SSSR count). The van der Waals surface area contributed by atoms with E-state index >= 15 is 0 Å². The number of rotatable bonds is 8. The molecule has 2 heterocycles. The summed E-state index contributed by atoms with van der Waals surface area (Å²) in [6.07, 6.45) is 7.77. The molecule has 0 aliphatic heterocycles. The molecular weight excluding hydrogens is 510 g/mol. The Bertz CT molecular complexity index is 703. The summed E-state index contributed by atoms with van der Waals surface area (Å²) in [4.78, 5) is 21.7. The van der Waals surface area contributed by atoms with Crippen LogP contribution >= 0.6 is 0 Å². The summed E-state index contributed by atoms with van der Waals surface area (Å²) in [7, 11) is 0. The molecular formula is C24H40BaN6+4. The average Bonchev–Trinajstić information content (AvgIpc) is 3.31. The molecule has 0 saturated carbocycles. The van der Waals surface area contributed by atoms with Crippen molar-refractivity contribution in [3.05, 3.63) is 47.0 Å². The van der Waals surface area contributed by atoms with Crippen molar-refractivity contribution in [1.29, 1.82) is 0 Å². The molecule has 0 aliphatic carbocycles. The maximum absolute atomic E-state index is 4.42. The normalized spacial score (nSPS) is 12.3. The number of aromatic nitrogens is 2. The molecule has 0 aromatic carbocycles. The molecule has 2 aromatic heterocycles. The van der Waals surface area contributed by atoms with E-state index in [-0.39, 0.29) is 48.9 Å². The fraction of sp³-hybridized carbons (Fsp3) is 0.500. The Labute approximate surface area is 228 Å². The van der Waals surface area contributed by atoms with Gasteiger partial charge in [-0.1, -0.05) is 47.0 Å². The van der Waals surface area contributed by atoms with Crippen LogP contribution < -0.4 is 29.9 Å². The maximum atomic E-state index is 4.42. The Hall–Kier alpha value is -1.19. The summed E-state index contributed by atoms with van der Waals surface area (Å²) in [5, 5.41) is 0. The second-order valence-corrected chi connectivity index (χ2v) is 8.45. The molecule has 6 nitrogen and oxygen atoms in total. The van der Waals surface area contributed by atoms with Gasteiger partial charge in [0.05, 0.1) is 0 Å². The first-order valence-electron chi connectivity index (χ1n) is 10.8. The van der Waals surface area contributed by atoms with Gasteiger partial charge in [-0.15, -0.1) is 0 Å². The van der Waals surface area contributed by atoms with Crippen LogP contribution in [0.15, 0.2) is 24.3 Å². The van der Waals surface area contributed by atoms with E-state index in [0.717, 1.165) is 22.8 Å². The van der Waals surface area contributed by atoms with Crippen LogP contribution in [-0.2, 0) is 0 Å². The number of hydrogen-bond acceptors (Lipinski definition) is 0. The zero-order valence-corrected chi connectivity index (χ0v) is 25.0. The minimum atomic E-state index is 0. The predicted octanol–water partition coefficient (Wildman–Crippen LogP) is -3.46. The summed E-state index contributed by atoms with van der Waals surface area (Å²) in [5.41, 5.74) is 3.89. The van der Waals surface area contributed by atoms with Crippen LogP contribution in [0.5, 0.6) is 0 Å². The van der Waals surface area contributed by atoms with Gasteiger partial charge in [-0.05, 0) is 55.4 Å². The summed E-state index contributed by atoms with van der Waals surface area (Å²) >= 11 is 0. The van der Waals surface area contributed by atoms with E-state index in [4.69, 9.17) is 0 Å². The molecule has 0 aliphatic rings. The SMILES string of the molecule is CC(C)[NH+]=Cc1ccc(C=[NH+]C(C)C)[n-]1.CC(C)[NH+]=Cc1ccc(C=[NH+]C(C)C)[n-]1.[Ba+2]. The van der Waals surface area contributed by atoms with E-state index in [9.17, 15) is 0 Å². The van der Waals surface area contributed by atoms with Gasteiger partial charge in [0, 0.05) is 0 Å². The van der Waals surface area contributed by atoms with Crippen molar-refractivity contribution in [2.75, 3.05) is 0 Å². The molecule has 0 saturated heterocycles. The Balaban J connectivity index is 0.000000562. The first kappa shape index (κ1) is 29.8. The molecule has 0 spiro atoms. The van der Waals surface area contributed by atoms with Crippen molar-refractivity contribution < 1.29 is 20.0 Å². The van der Waals surface area contributed by atoms with Crippen molar-refractivity contribution in [3.8, 4) is 0 Å². The fourth-order valence-electron chi connectivity index (χ4n) is 2.12. The summed E-state index contributed by atoms with van der Waals surface area (Å²) in [5.74, 6) is 0. The summed E-state index contributed by atoms with van der Waals surface area (Å²) in [6.45, 7) is 16.8. The van der Waals surface area contributed by atoms with E-state index in [1.54, 1.807) is 0 Å². The van der Waals surface area contributed by atoms with Gasteiger partial charge in [-0.25, -0.2) is 20.0 Å². The van der Waals surface area contributed by atoms with Gasteiger partial charge in [0.15, 0.2) is 0 Å². The van der Waals surface area contributed by atoms with Gasteiger partial charge in [0.1, 0.15) is 49.0 Å². The van der Waals surface area contributed by atoms with Gasteiger partial charge in [-0.3, -0.25) is 0 Å². The molecule has 2 aromatic rings. The minimum absolute atomic E-state index is 0. The maximum Gasteiger partial charge on any atom is 2.00 e. The zero-order chi connectivity index (χ0) is 22.5. The Morgan fingerprint density at radius 3 is 0.839 bits per heavy atom. The minimum Gasteiger partial charge on any atom is -0.648 e. The largest absolute Gasteiger partial charge is 2.00 e. The molecule has 7 heteroatoms. The topological polar surface area (TPSA) is 84.1 Å². The predicted molar refractivity (Wildman–Crippen MR) is 130 cm³/mol. The quantitative estimate of drug-likeness (QED) is 0.204. The third kappa shape index (κ3) is 15.3. The third-order valence-corrected chi connectivity index (χ3v) is 3.62. The van der Waals surface area contributed by atoms with Gasteiger partial charge in [0.25, 0.3) is 0 Å². The first-order chi connectivity index (χ1) is 14.2. The van der Waals surface area contributed by atoms with Gasteiger partial charge >= 0.3 is 48.9 Å². The Morgan fingerprint density at radius 1 is 0.484 bits per heavy atom. The van der Waals surface area contributed by atoms with Crippen LogP contribution in [-0.4, -0.2) is 97.9 Å². The van der Waals surface area contributed by atoms with Crippen LogP contribution in [0.4, 0.5) is 0 Å². The van der Waals surface area contributed by atoms with E-state index in [1.807, 2.05) is 49.1 Å². The summed E-state index contributed by atoms with van der Waals surface area (Å²) < 4.78 is 0. The monoisotopic (exact) mass is 550 g/mol. The van der Waals surface area contributed by atoms with Gasteiger partial charge in [-0.2, -0.15) is 0 Å². The van der Waals surface area contributed by atoms with Crippen molar-refractivity contribution in [3.63, 3.8) is 0 Å². The second kappa shape index (κ2) is 16.4. The molecule has 0 fully saturated rings. The molecule has 164 valence electrons. The van der Waals surface area contributed by atoms with Gasteiger partial charge in [0.2, 0.25) is 0 Å². The molecule has 0 bridgehead atoms. The van der Waals surface area contributed by atoms with Crippen LogP contribution in [0.25, 0.3) is 0 Å². The van der Waals surface area contributed by atoms with Crippen LogP contribution in [0.1, 0.15) is 78.2 Å². The van der Waals surface area contributed by atoms with Crippen LogP contribution in [0.3, 0.4) is 0 Å². The van der Waals surface area contributed by atoms with Gasteiger partial charge < -0.3 is 9.97 Å². The fourth-order valence-corrected chi connectivity index (χ4v) is 2.12. The molecule has 0 unspecified atom stereocenters. The Morgan fingerprint density at radius 2 is 0.677 bits per heavy atom. The van der Waals surface area contributed by atoms with Crippen molar-refractivity contribution >= 4 is 73.7 Å². The summed E-state index contributed by atoms with van der Waals surface area (Å²) in [6, 6.07) is 9.80. The second-order valence-electron chi connectivity index (χ2n) is 8.45. The first-order valence-corrected chi connectivity index (χ1v) is 10.8. The number of hydrogen-bond donors (Lipinski definition) is 4. The van der Waals surface area contributed by atoms with Crippen LogP contribution in [0.2, 0.25) is 0 Å². The van der Waals surface area contributed by atoms with E-state index in [2.05, 4.69) is 85.3 Å². The third-order valence-electron chi connectivity index (χ3n) is 3.62. The zero-order valence-electron chi connectivity index (χ0n) is 20.5. The van der Waals surface area contributed by atoms with Crippen LogP contribution in [0, 0.1) is 0 Å². The molecule has 0 atom stereocenters. The van der Waals surface area contributed by atoms with E-state index < -0.39 is 0 Å². The molecule has 0 amide bonds. The molecule has 4 N–H and O–H groups in total. The van der Waals surface area contributed by atoms with Crippen molar-refractivity contribution in [1.82, 2.24) is 9.97 Å². The standard InChI is InChI=1S/2C12H18N3.Ba/c2*1-9(2)13-7-11-5-6-12(15-11)8-14-10(3)4;/h2*5-10H,1-4H3;/q2*-1;+2/p+4. The smallest absolute Gasteiger partial charge is 0.648 e. The average molecular weight is 550 g/mol. The van der Waals surface area contributed by atoms with Crippen molar-refractivity contribution in [2.24, 2.45) is 0 Å². The Kier molecular flexibility index (Phi) is 15.8. The van der Waals surface area contributed by atoms with Crippen molar-refractivity contribution in [2.45, 2.75) is 79.6 Å². The van der Waals surface area contributed by atoms with E-state index in [0.29, 0.717) is 24.2 Å². The van der Waals surface area contributed by atoms with E-state index in [1.165, 1.54) is 0 Å². The number of nitrogens with zero attached hydrogens (tertiary/aromatic N) is 2. The molecule has 31 heavy (non-hydrogen) atoms. The number of nitrogens with one attached hydrogen (secondary N) is 4.